The van der Waals surface area contributed by atoms with Crippen LogP contribution in [0.1, 0.15) is 11.3 Å². The number of aryl methyl sites for hydroxylation is 2. The molecule has 1 heterocycles. The fraction of sp³-hybridized carbons (Fsp3) is 0.286. The molecule has 4 nitrogen and oxygen atoms in total. The molecule has 6 heteroatoms. The zero-order valence-electron chi connectivity index (χ0n) is 11.3. The first kappa shape index (κ1) is 14.9. The molecule has 0 atom stereocenters. The number of nitrogens with one attached hydrogen (secondary N) is 1. The molecule has 106 valence electrons. The zero-order valence-corrected chi connectivity index (χ0v) is 12.8. The molecule has 0 saturated carbocycles. The summed E-state index contributed by atoms with van der Waals surface area (Å²) in [6, 6.07) is 5.54. The summed E-state index contributed by atoms with van der Waals surface area (Å²) >= 11 is 12.0. The van der Waals surface area contributed by atoms with Crippen molar-refractivity contribution in [2.24, 2.45) is 0 Å². The third-order valence-electron chi connectivity index (χ3n) is 2.75. The van der Waals surface area contributed by atoms with Crippen molar-refractivity contribution >= 4 is 29.0 Å². The summed E-state index contributed by atoms with van der Waals surface area (Å²) in [4.78, 5) is 8.09. The first-order chi connectivity index (χ1) is 9.58. The molecule has 0 saturated heterocycles. The van der Waals surface area contributed by atoms with E-state index in [1.54, 1.807) is 0 Å². The molecule has 0 aliphatic rings. The fourth-order valence-electron chi connectivity index (χ4n) is 1.69. The van der Waals surface area contributed by atoms with Crippen LogP contribution in [0.3, 0.4) is 0 Å². The number of aromatic nitrogens is 2. The molecule has 0 aliphatic carbocycles. The third kappa shape index (κ3) is 3.74. The van der Waals surface area contributed by atoms with E-state index in [0.717, 1.165) is 17.0 Å². The van der Waals surface area contributed by atoms with Crippen molar-refractivity contribution in [2.75, 3.05) is 18.5 Å². The smallest absolute Gasteiger partial charge is 0.148 e. The molecule has 20 heavy (non-hydrogen) atoms. The lowest BCUT2D eigenvalue weighted by Gasteiger charge is -2.11. The zero-order chi connectivity index (χ0) is 14.5. The maximum absolute atomic E-state index is 6.09. The van der Waals surface area contributed by atoms with Gasteiger partial charge < -0.3 is 10.1 Å². The Morgan fingerprint density at radius 1 is 1.20 bits per heavy atom. The van der Waals surface area contributed by atoms with Crippen molar-refractivity contribution in [1.82, 2.24) is 9.97 Å². The van der Waals surface area contributed by atoms with Crippen LogP contribution in [0.25, 0.3) is 0 Å². The summed E-state index contributed by atoms with van der Waals surface area (Å²) in [6.45, 7) is 4.89. The lowest BCUT2D eigenvalue weighted by Crippen LogP contribution is -2.13. The highest BCUT2D eigenvalue weighted by atomic mass is 35.5. The Hall–Kier alpha value is -1.52. The lowest BCUT2D eigenvalue weighted by atomic mass is 10.2. The number of ether oxygens (including phenoxy) is 1. The average molecular weight is 312 g/mol. The van der Waals surface area contributed by atoms with Gasteiger partial charge in [-0.15, -0.1) is 0 Å². The number of halogens is 2. The minimum atomic E-state index is 0.502. The second-order valence-corrected chi connectivity index (χ2v) is 5.12. The van der Waals surface area contributed by atoms with Crippen LogP contribution < -0.4 is 10.1 Å². The molecule has 0 bridgehead atoms. The molecule has 1 aromatic heterocycles. The molecule has 2 rings (SSSR count). The molecule has 0 fully saturated rings. The molecule has 0 spiro atoms. The lowest BCUT2D eigenvalue weighted by molar-refractivity contribution is 0.330. The number of anilines is 1. The third-order valence-corrected chi connectivity index (χ3v) is 3.44. The van der Waals surface area contributed by atoms with Crippen molar-refractivity contribution in [2.45, 2.75) is 13.8 Å². The van der Waals surface area contributed by atoms with Gasteiger partial charge in [-0.25, -0.2) is 9.97 Å². The number of hydrogen-bond acceptors (Lipinski definition) is 4. The van der Waals surface area contributed by atoms with Crippen LogP contribution >= 0.6 is 23.2 Å². The van der Waals surface area contributed by atoms with Crippen molar-refractivity contribution < 1.29 is 4.74 Å². The van der Waals surface area contributed by atoms with E-state index in [0.29, 0.717) is 29.0 Å². The molecule has 2 aromatic rings. The SMILES string of the molecule is Cc1cc(Cl)ccc1OCCNc1ncnc(C)c1Cl. The van der Waals surface area contributed by atoms with Gasteiger partial charge in [0.15, 0.2) is 0 Å². The standard InChI is InChI=1S/C14H15Cl2N3O/c1-9-7-11(15)3-4-12(9)20-6-5-17-14-13(16)10(2)18-8-19-14/h3-4,7-8H,5-6H2,1-2H3,(H,17,18,19). The van der Waals surface area contributed by atoms with Gasteiger partial charge in [-0.2, -0.15) is 0 Å². The van der Waals surface area contributed by atoms with E-state index in [2.05, 4.69) is 15.3 Å². The largest absolute Gasteiger partial charge is 0.491 e. The van der Waals surface area contributed by atoms with Crippen molar-refractivity contribution in [3.8, 4) is 5.75 Å². The summed E-state index contributed by atoms with van der Waals surface area (Å²) in [5.74, 6) is 1.44. The predicted molar refractivity (Wildman–Crippen MR) is 82.0 cm³/mol. The quantitative estimate of drug-likeness (QED) is 0.851. The monoisotopic (exact) mass is 311 g/mol. The Bertz CT molecular complexity index is 605. The van der Waals surface area contributed by atoms with Gasteiger partial charge in [0, 0.05) is 5.02 Å². The fourth-order valence-corrected chi connectivity index (χ4v) is 2.08. The van der Waals surface area contributed by atoms with E-state index in [9.17, 15) is 0 Å². The maximum atomic E-state index is 6.09. The highest BCUT2D eigenvalue weighted by Crippen LogP contribution is 2.22. The van der Waals surface area contributed by atoms with Gasteiger partial charge in [0.05, 0.1) is 12.2 Å². The number of nitrogens with zero attached hydrogens (tertiary/aromatic N) is 2. The van der Waals surface area contributed by atoms with Gasteiger partial charge in [-0.05, 0) is 37.6 Å². The normalized spacial score (nSPS) is 10.4. The molecular weight excluding hydrogens is 297 g/mol. The van der Waals surface area contributed by atoms with E-state index >= 15 is 0 Å². The molecule has 0 unspecified atom stereocenters. The van der Waals surface area contributed by atoms with Crippen LogP contribution in [0, 0.1) is 13.8 Å². The summed E-state index contributed by atoms with van der Waals surface area (Å²) in [7, 11) is 0. The Morgan fingerprint density at radius 2 is 2.00 bits per heavy atom. The minimum Gasteiger partial charge on any atom is -0.491 e. The topological polar surface area (TPSA) is 47.0 Å². The Kier molecular flexibility index (Phi) is 5.04. The number of rotatable bonds is 5. The van der Waals surface area contributed by atoms with Gasteiger partial charge >= 0.3 is 0 Å². The Balaban J connectivity index is 1.86. The maximum Gasteiger partial charge on any atom is 0.148 e. The van der Waals surface area contributed by atoms with Crippen LogP contribution in [0.5, 0.6) is 5.75 Å². The van der Waals surface area contributed by atoms with Gasteiger partial charge in [0.25, 0.3) is 0 Å². The molecule has 1 aromatic carbocycles. The minimum absolute atomic E-state index is 0.502. The Morgan fingerprint density at radius 3 is 2.75 bits per heavy atom. The van der Waals surface area contributed by atoms with E-state index in [4.69, 9.17) is 27.9 Å². The number of hydrogen-bond donors (Lipinski definition) is 1. The van der Waals surface area contributed by atoms with Gasteiger partial charge in [0.1, 0.15) is 29.5 Å². The highest BCUT2D eigenvalue weighted by Gasteiger charge is 2.05. The Labute approximate surface area is 128 Å². The first-order valence-corrected chi connectivity index (χ1v) is 6.93. The van der Waals surface area contributed by atoms with Crippen LogP contribution in [-0.4, -0.2) is 23.1 Å². The van der Waals surface area contributed by atoms with Crippen molar-refractivity contribution in [1.29, 1.82) is 0 Å². The average Bonchev–Trinajstić information content (AvgIpc) is 2.41. The van der Waals surface area contributed by atoms with E-state index in [1.165, 1.54) is 6.33 Å². The van der Waals surface area contributed by atoms with Crippen molar-refractivity contribution in [3.05, 3.63) is 45.8 Å². The summed E-state index contributed by atoms with van der Waals surface area (Å²) in [5, 5.41) is 4.36. The van der Waals surface area contributed by atoms with Crippen LogP contribution in [0.15, 0.2) is 24.5 Å². The van der Waals surface area contributed by atoms with Crippen LogP contribution in [-0.2, 0) is 0 Å². The first-order valence-electron chi connectivity index (χ1n) is 6.18. The summed E-state index contributed by atoms with van der Waals surface area (Å²) < 4.78 is 5.68. The van der Waals surface area contributed by atoms with Gasteiger partial charge in [-0.3, -0.25) is 0 Å². The molecule has 1 N–H and O–H groups in total. The molecule has 0 aliphatic heterocycles. The van der Waals surface area contributed by atoms with Gasteiger partial charge in [0.2, 0.25) is 0 Å². The molecule has 0 radical (unpaired) electrons. The van der Waals surface area contributed by atoms with Crippen molar-refractivity contribution in [3.63, 3.8) is 0 Å². The predicted octanol–water partition coefficient (Wildman–Crippen LogP) is 3.89. The summed E-state index contributed by atoms with van der Waals surface area (Å²) in [6.07, 6.45) is 1.48. The van der Waals surface area contributed by atoms with E-state index < -0.39 is 0 Å². The second-order valence-electron chi connectivity index (χ2n) is 4.31. The number of benzene rings is 1. The highest BCUT2D eigenvalue weighted by molar-refractivity contribution is 6.33. The summed E-state index contributed by atoms with van der Waals surface area (Å²) in [5.41, 5.74) is 1.76. The van der Waals surface area contributed by atoms with Gasteiger partial charge in [-0.1, -0.05) is 23.2 Å². The molecule has 0 amide bonds. The second kappa shape index (κ2) is 6.77. The van der Waals surface area contributed by atoms with E-state index in [-0.39, 0.29) is 0 Å². The molecular formula is C14H15Cl2N3O. The van der Waals surface area contributed by atoms with Crippen LogP contribution in [0.4, 0.5) is 5.82 Å². The van der Waals surface area contributed by atoms with Crippen LogP contribution in [0.2, 0.25) is 10.0 Å². The van der Waals surface area contributed by atoms with E-state index in [1.807, 2.05) is 32.0 Å².